The van der Waals surface area contributed by atoms with E-state index in [1.807, 2.05) is 60.7 Å². The van der Waals surface area contributed by atoms with Gasteiger partial charge < -0.3 is 14.8 Å². The smallest absolute Gasteiger partial charge is 0.329 e. The highest BCUT2D eigenvalue weighted by molar-refractivity contribution is 5.87. The van der Waals surface area contributed by atoms with Crippen LogP contribution < -0.4 is 5.32 Å². The maximum Gasteiger partial charge on any atom is 0.329 e. The molecular weight excluding hydrogens is 330 g/mol. The highest BCUT2D eigenvalue weighted by atomic mass is 16.5. The van der Waals surface area contributed by atoms with Crippen molar-refractivity contribution in [1.29, 1.82) is 0 Å². The van der Waals surface area contributed by atoms with E-state index in [-0.39, 0.29) is 17.7 Å². The summed E-state index contributed by atoms with van der Waals surface area (Å²) in [5.74, 6) is -1.20. The van der Waals surface area contributed by atoms with Crippen LogP contribution in [-0.2, 0) is 19.1 Å². The molecule has 1 amide bonds. The molecule has 2 aromatic rings. The molecular formula is C21H23NO4. The highest BCUT2D eigenvalue weighted by Gasteiger charge is 2.35. The number of ether oxygens (including phenoxy) is 2. The highest BCUT2D eigenvalue weighted by Crippen LogP contribution is 2.29. The van der Waals surface area contributed by atoms with Crippen LogP contribution in [0.2, 0.25) is 0 Å². The monoisotopic (exact) mass is 353 g/mol. The Morgan fingerprint density at radius 2 is 1.62 bits per heavy atom. The number of amides is 1. The van der Waals surface area contributed by atoms with Crippen LogP contribution >= 0.6 is 0 Å². The maximum absolute atomic E-state index is 12.6. The van der Waals surface area contributed by atoms with Crippen molar-refractivity contribution in [3.05, 3.63) is 71.8 Å². The summed E-state index contributed by atoms with van der Waals surface area (Å²) in [4.78, 5) is 25.2. The number of esters is 1. The van der Waals surface area contributed by atoms with Crippen molar-refractivity contribution in [1.82, 2.24) is 5.32 Å². The van der Waals surface area contributed by atoms with Crippen LogP contribution in [0.25, 0.3) is 0 Å². The van der Waals surface area contributed by atoms with Gasteiger partial charge in [0.1, 0.15) is 6.04 Å². The average Bonchev–Trinajstić information content (AvgIpc) is 3.23. The standard InChI is InChI=1S/C21H23NO4/c1-25-21(24)19(22-20(23)17-12-13-26-14-17)18(15-8-4-2-5-9-15)16-10-6-3-7-11-16/h2-11,17-19H,12-14H2,1H3,(H,22,23)/t17-,19-/m1/s1. The minimum absolute atomic E-state index is 0.172. The molecule has 1 aliphatic rings. The van der Waals surface area contributed by atoms with Crippen molar-refractivity contribution in [3.63, 3.8) is 0 Å². The van der Waals surface area contributed by atoms with Crippen LogP contribution in [0, 0.1) is 5.92 Å². The van der Waals surface area contributed by atoms with Gasteiger partial charge in [0.15, 0.2) is 0 Å². The summed E-state index contributed by atoms with van der Waals surface area (Å²) in [5, 5.41) is 2.91. The molecule has 0 saturated carbocycles. The molecule has 5 nitrogen and oxygen atoms in total. The Morgan fingerprint density at radius 3 is 2.08 bits per heavy atom. The van der Waals surface area contributed by atoms with Gasteiger partial charge in [-0.05, 0) is 17.5 Å². The zero-order valence-electron chi connectivity index (χ0n) is 14.8. The van der Waals surface area contributed by atoms with Gasteiger partial charge in [-0.1, -0.05) is 60.7 Å². The molecule has 26 heavy (non-hydrogen) atoms. The van der Waals surface area contributed by atoms with Crippen molar-refractivity contribution in [2.75, 3.05) is 20.3 Å². The Bertz CT molecular complexity index is 687. The molecule has 0 spiro atoms. The minimum atomic E-state index is -0.808. The second-order valence-corrected chi connectivity index (χ2v) is 6.37. The number of carbonyl (C=O) groups excluding carboxylic acids is 2. The summed E-state index contributed by atoms with van der Waals surface area (Å²) >= 11 is 0. The average molecular weight is 353 g/mol. The second kappa shape index (κ2) is 8.63. The number of benzene rings is 2. The number of rotatable bonds is 6. The molecule has 3 rings (SSSR count). The first kappa shape index (κ1) is 18.1. The van der Waals surface area contributed by atoms with Crippen molar-refractivity contribution >= 4 is 11.9 Å². The number of hydrogen-bond acceptors (Lipinski definition) is 4. The van der Waals surface area contributed by atoms with Gasteiger partial charge >= 0.3 is 5.97 Å². The number of nitrogens with one attached hydrogen (secondary N) is 1. The van der Waals surface area contributed by atoms with E-state index in [2.05, 4.69) is 5.32 Å². The van der Waals surface area contributed by atoms with E-state index >= 15 is 0 Å². The van der Waals surface area contributed by atoms with Gasteiger partial charge in [-0.25, -0.2) is 4.79 Å². The van der Waals surface area contributed by atoms with Gasteiger partial charge in [0.25, 0.3) is 0 Å². The lowest BCUT2D eigenvalue weighted by molar-refractivity contribution is -0.146. The second-order valence-electron chi connectivity index (χ2n) is 6.37. The third-order valence-corrected chi connectivity index (χ3v) is 4.70. The van der Waals surface area contributed by atoms with Crippen LogP contribution in [0.15, 0.2) is 60.7 Å². The maximum atomic E-state index is 12.6. The first-order chi connectivity index (χ1) is 12.7. The Morgan fingerprint density at radius 1 is 1.04 bits per heavy atom. The quantitative estimate of drug-likeness (QED) is 0.811. The molecule has 0 aliphatic carbocycles. The van der Waals surface area contributed by atoms with Gasteiger partial charge in [-0.15, -0.1) is 0 Å². The molecule has 0 aromatic heterocycles. The molecule has 2 atom stereocenters. The predicted molar refractivity (Wildman–Crippen MR) is 97.6 cm³/mol. The SMILES string of the molecule is COC(=O)[C@H](NC(=O)[C@@H]1CCOC1)C(c1ccccc1)c1ccccc1. The largest absolute Gasteiger partial charge is 0.467 e. The molecule has 2 aromatic carbocycles. The zero-order chi connectivity index (χ0) is 18.4. The fourth-order valence-corrected chi connectivity index (χ4v) is 3.32. The topological polar surface area (TPSA) is 64.6 Å². The normalized spacial score (nSPS) is 17.7. The molecule has 1 fully saturated rings. The summed E-state index contributed by atoms with van der Waals surface area (Å²) < 4.78 is 10.3. The molecule has 1 heterocycles. The lowest BCUT2D eigenvalue weighted by Crippen LogP contribution is -2.48. The third-order valence-electron chi connectivity index (χ3n) is 4.70. The summed E-state index contributed by atoms with van der Waals surface area (Å²) in [6.07, 6.45) is 0.668. The predicted octanol–water partition coefficient (Wildman–Crippen LogP) is 2.51. The van der Waals surface area contributed by atoms with E-state index in [4.69, 9.17) is 9.47 Å². The molecule has 136 valence electrons. The Balaban J connectivity index is 1.96. The summed E-state index contributed by atoms with van der Waals surface area (Å²) in [6.45, 7) is 0.961. The third kappa shape index (κ3) is 4.11. The molecule has 0 bridgehead atoms. The van der Waals surface area contributed by atoms with E-state index < -0.39 is 12.0 Å². The summed E-state index contributed by atoms with van der Waals surface area (Å²) in [6, 6.07) is 18.6. The van der Waals surface area contributed by atoms with E-state index in [0.717, 1.165) is 11.1 Å². The zero-order valence-corrected chi connectivity index (χ0v) is 14.8. The molecule has 5 heteroatoms. The van der Waals surface area contributed by atoms with Gasteiger partial charge in [0.05, 0.1) is 19.6 Å². The molecule has 1 saturated heterocycles. The first-order valence-electron chi connectivity index (χ1n) is 8.76. The lowest BCUT2D eigenvalue weighted by atomic mass is 9.84. The van der Waals surface area contributed by atoms with Gasteiger partial charge in [-0.3, -0.25) is 4.79 Å². The fourth-order valence-electron chi connectivity index (χ4n) is 3.32. The number of methoxy groups -OCH3 is 1. The van der Waals surface area contributed by atoms with Gasteiger partial charge in [-0.2, -0.15) is 0 Å². The van der Waals surface area contributed by atoms with E-state index in [1.54, 1.807) is 0 Å². The Kier molecular flexibility index (Phi) is 6.02. The Hall–Kier alpha value is -2.66. The van der Waals surface area contributed by atoms with Crippen LogP contribution in [0.4, 0.5) is 0 Å². The van der Waals surface area contributed by atoms with Crippen molar-refractivity contribution in [2.24, 2.45) is 5.92 Å². The summed E-state index contributed by atoms with van der Waals surface area (Å²) in [7, 11) is 1.34. The van der Waals surface area contributed by atoms with E-state index in [9.17, 15) is 9.59 Å². The molecule has 0 radical (unpaired) electrons. The fraction of sp³-hybridized carbons (Fsp3) is 0.333. The Labute approximate surface area is 153 Å². The van der Waals surface area contributed by atoms with Gasteiger partial charge in [0, 0.05) is 12.5 Å². The molecule has 1 aliphatic heterocycles. The lowest BCUT2D eigenvalue weighted by Gasteiger charge is -2.28. The van der Waals surface area contributed by atoms with Crippen molar-refractivity contribution in [3.8, 4) is 0 Å². The minimum Gasteiger partial charge on any atom is -0.467 e. The number of hydrogen-bond donors (Lipinski definition) is 1. The van der Waals surface area contributed by atoms with E-state index in [0.29, 0.717) is 19.6 Å². The number of carbonyl (C=O) groups is 2. The molecule has 0 unspecified atom stereocenters. The van der Waals surface area contributed by atoms with Gasteiger partial charge in [0.2, 0.25) is 5.91 Å². The van der Waals surface area contributed by atoms with E-state index in [1.165, 1.54) is 7.11 Å². The van der Waals surface area contributed by atoms with Crippen LogP contribution in [0.3, 0.4) is 0 Å². The molecule has 1 N–H and O–H groups in total. The summed E-state index contributed by atoms with van der Waals surface area (Å²) in [5.41, 5.74) is 1.88. The van der Waals surface area contributed by atoms with Crippen LogP contribution in [0.1, 0.15) is 23.5 Å². The van der Waals surface area contributed by atoms with Crippen LogP contribution in [-0.4, -0.2) is 38.2 Å². The first-order valence-corrected chi connectivity index (χ1v) is 8.76. The van der Waals surface area contributed by atoms with Crippen LogP contribution in [0.5, 0.6) is 0 Å². The van der Waals surface area contributed by atoms with Crippen molar-refractivity contribution in [2.45, 2.75) is 18.4 Å². The van der Waals surface area contributed by atoms with Crippen molar-refractivity contribution < 1.29 is 19.1 Å².